The molecule has 0 amide bonds. The molecule has 3 heterocycles. The maximum absolute atomic E-state index is 10.3. The molecule has 0 fully saturated rings. The largest absolute Gasteiger partial charge is 1.00 e. The van der Waals surface area contributed by atoms with Crippen molar-refractivity contribution in [2.45, 2.75) is 13.8 Å². The van der Waals surface area contributed by atoms with Gasteiger partial charge in [0.25, 0.3) is 0 Å². The molecule has 362 valence electrons. The zero-order chi connectivity index (χ0) is 52.4. The number of ether oxygens (including phenoxy) is 1. The van der Waals surface area contributed by atoms with Crippen LogP contribution in [0.4, 0.5) is 5.69 Å². The van der Waals surface area contributed by atoms with E-state index in [9.17, 15) is 89.1 Å². The molecule has 0 aliphatic heterocycles. The van der Waals surface area contributed by atoms with Crippen molar-refractivity contribution in [2.24, 2.45) is 5.73 Å². The molecule has 77 heavy (non-hydrogen) atoms. The molecule has 0 bridgehead atoms. The number of hydrogen-bond donors (Lipinski definition) is 6. The summed E-state index contributed by atoms with van der Waals surface area (Å²) in [5, 5.41) is 134. The van der Waals surface area contributed by atoms with E-state index in [1.54, 1.807) is 6.92 Å². The average Bonchev–Trinajstić information content (AvgIpc) is 3.98. The molecule has 0 radical (unpaired) electrons. The number of aromatic carboxylic acids is 6. The first-order valence-electron chi connectivity index (χ1n) is 16.1. The Labute approximate surface area is 936 Å². The summed E-state index contributed by atoms with van der Waals surface area (Å²) in [4.78, 5) is 107. The fraction of sp³-hybridized carbons (Fsp3) is 0.143. The van der Waals surface area contributed by atoms with Crippen molar-refractivity contribution in [3.05, 3.63) is 93.7 Å². The number of nitrogens with one attached hydrogen (secondary N) is 4. The quantitative estimate of drug-likeness (QED) is 0.0287. The Morgan fingerprint density at radius 1 is 0.584 bits per heavy atom. The van der Waals surface area contributed by atoms with Gasteiger partial charge in [0.05, 0.1) is 107 Å². The van der Waals surface area contributed by atoms with Crippen LogP contribution >= 0.6 is 0 Å². The van der Waals surface area contributed by atoms with Crippen molar-refractivity contribution < 1.29 is 703 Å². The van der Waals surface area contributed by atoms with Crippen molar-refractivity contribution in [3.63, 3.8) is 0 Å². The maximum Gasteiger partial charge on any atom is 1.00 e. The number of nitrogens with two attached hydrogens (primary N) is 2. The van der Waals surface area contributed by atoms with Gasteiger partial charge in [-0.1, -0.05) is 0 Å². The van der Waals surface area contributed by atoms with Crippen LogP contribution in [-0.4, -0.2) is 94.3 Å². The van der Waals surface area contributed by atoms with Gasteiger partial charge in [-0.25, -0.2) is 0 Å². The number of aromatic amines is 3. The summed E-state index contributed by atoms with van der Waals surface area (Å²) in [5.41, 5.74) is 5.47. The molecule has 0 aliphatic carbocycles. The van der Waals surface area contributed by atoms with Gasteiger partial charge in [0.2, 0.25) is 0 Å². The normalized spacial score (nSPS) is 7.97. The van der Waals surface area contributed by atoms with Gasteiger partial charge in [0, 0.05) is 48.0 Å². The first-order chi connectivity index (χ1) is 30.7. The summed E-state index contributed by atoms with van der Waals surface area (Å²) in [6.45, 7) is 7.18. The van der Waals surface area contributed by atoms with Crippen LogP contribution in [0.15, 0.2) is 42.2 Å². The minimum absolute atomic E-state index is 0. The van der Waals surface area contributed by atoms with Gasteiger partial charge in [0.1, 0.15) is 30.0 Å². The molecular weight excluding hydrogens is 1810 g/mol. The molecule has 42 heteroatoms. The van der Waals surface area contributed by atoms with E-state index in [-0.39, 0.29) is 634 Å². The summed E-state index contributed by atoms with van der Waals surface area (Å²) in [6.07, 6.45) is 4.49. The number of carboxylic acid groups (broad SMARTS) is 10. The Morgan fingerprint density at radius 3 is 1.16 bits per heavy atom. The summed E-state index contributed by atoms with van der Waals surface area (Å²) in [7, 11) is 0. The zero-order valence-corrected chi connectivity index (χ0v) is 93.4. The monoisotopic (exact) mass is 1830 g/mol. The Balaban J connectivity index is -0.0000000451. The molecule has 0 spiro atoms. The van der Waals surface area contributed by atoms with E-state index in [2.05, 4.69) is 25.4 Å². The number of H-pyrrole nitrogens is 3. The number of aromatic nitrogens is 3. The first kappa shape index (κ1) is 122. The van der Waals surface area contributed by atoms with Gasteiger partial charge in [-0.15, -0.1) is 0 Å². The van der Waals surface area contributed by atoms with E-state index >= 15 is 0 Å². The fourth-order valence-electron chi connectivity index (χ4n) is 3.21. The van der Waals surface area contributed by atoms with Crippen LogP contribution in [0, 0.1) is 52.8 Å². The minimum atomic E-state index is -1.66. The number of nitrogens with zero attached hydrogens (tertiary/aromatic N) is 4. The Morgan fingerprint density at radius 2 is 0.922 bits per heavy atom. The van der Waals surface area contributed by atoms with Crippen molar-refractivity contribution in [1.82, 2.24) is 20.3 Å². The van der Waals surface area contributed by atoms with E-state index in [0.29, 0.717) is 6.61 Å². The SMILES string of the molecule is CCO/C=C(\C#N)C(=O)[O-].Cc1c(C(=O)[O-])c[nH]c1C(=O)[O-].N#C/C(=C\NCC(=O)[O-])C(=O)[O-].N#Cc1c(C(=O)[O-])c[nH]c1C(=O)[O-].NCC(=O)[O-].Nc1c(C(=O)[O-])c[nH]c1C(=O)[O-].[C-]#N.[Cu+].[Rb+].[Rb+].[Rb+].[Rb+].[Rb+].[Rb+].[Rb+].[Rb+].[Rb+].[Rb+]. The third kappa shape index (κ3) is 59.9. The van der Waals surface area contributed by atoms with Crippen LogP contribution in [-0.2, 0) is 41.0 Å². The average molecular weight is 1840 g/mol. The molecule has 3 aromatic rings. The predicted molar refractivity (Wildman–Crippen MR) is 183 cm³/mol. The molecule has 0 saturated carbocycles. The second-order valence-corrected chi connectivity index (χ2v) is 10.2. The number of nitrogen functional groups attached to an aromatic ring is 1. The number of aliphatic carboxylic acids is 4. The molecule has 8 N–H and O–H groups in total. The third-order valence-corrected chi connectivity index (χ3v) is 6.03. The number of carbonyl (C=O) groups is 10. The van der Waals surface area contributed by atoms with E-state index in [4.69, 9.17) is 43.3 Å². The van der Waals surface area contributed by atoms with Crippen molar-refractivity contribution >= 4 is 65.4 Å². The van der Waals surface area contributed by atoms with Crippen LogP contribution in [0.1, 0.15) is 80.6 Å². The van der Waals surface area contributed by atoms with Gasteiger partial charge < -0.3 is 147 Å². The van der Waals surface area contributed by atoms with Gasteiger partial charge >= 0.3 is 599 Å². The van der Waals surface area contributed by atoms with Crippen molar-refractivity contribution in [1.29, 1.82) is 21.0 Å². The van der Waals surface area contributed by atoms with Crippen LogP contribution in [0.2, 0.25) is 0 Å². The Bertz CT molecular complexity index is 2340. The molecule has 31 nitrogen and oxygen atoms in total. The number of hydrogen-bond acceptors (Lipinski definition) is 28. The van der Waals surface area contributed by atoms with Gasteiger partial charge in [-0.3, -0.25) is 0 Å². The van der Waals surface area contributed by atoms with Gasteiger partial charge in [0.15, 0.2) is 0 Å². The molecular formula is C35H25CuN10O21Rb10. The predicted octanol–water partition coefficient (Wildman–Crippen LogP) is -43.5. The van der Waals surface area contributed by atoms with E-state index < -0.39 is 99.9 Å². The molecule has 3 rings (SSSR count). The smallest absolute Gasteiger partial charge is 0.549 e. The summed E-state index contributed by atoms with van der Waals surface area (Å²) < 4.78 is 4.54. The first-order valence-corrected chi connectivity index (χ1v) is 16.1. The van der Waals surface area contributed by atoms with Crippen molar-refractivity contribution in [3.8, 4) is 18.2 Å². The van der Waals surface area contributed by atoms with E-state index in [1.807, 2.05) is 5.32 Å². The Kier molecular flexibility index (Phi) is 121. The second kappa shape index (κ2) is 76.4. The summed E-state index contributed by atoms with van der Waals surface area (Å²) in [6, 6.07) is 4.14. The third-order valence-electron chi connectivity index (χ3n) is 6.03. The molecule has 0 saturated heterocycles. The molecule has 0 unspecified atom stereocenters. The summed E-state index contributed by atoms with van der Waals surface area (Å²) in [5.74, 6) is -15.0. The number of rotatable bonds is 14. The number of nitriles is 3. The van der Waals surface area contributed by atoms with E-state index in [0.717, 1.165) is 31.1 Å². The van der Waals surface area contributed by atoms with E-state index in [1.165, 1.54) is 25.1 Å². The number of carbonyl (C=O) groups excluding carboxylic acids is 10. The van der Waals surface area contributed by atoms with Crippen LogP contribution in [0.25, 0.3) is 0 Å². The van der Waals surface area contributed by atoms with Crippen LogP contribution < -0.4 is 650 Å². The van der Waals surface area contributed by atoms with Gasteiger partial charge in [-0.2, -0.15) is 15.8 Å². The fourth-order valence-corrected chi connectivity index (χ4v) is 3.21. The molecule has 0 atom stereocenters. The summed E-state index contributed by atoms with van der Waals surface area (Å²) >= 11 is 0. The van der Waals surface area contributed by atoms with Crippen LogP contribution in [0.5, 0.6) is 0 Å². The Hall–Kier alpha value is 7.91. The van der Waals surface area contributed by atoms with Crippen molar-refractivity contribution in [2.75, 3.05) is 25.4 Å². The van der Waals surface area contributed by atoms with Crippen LogP contribution in [0.3, 0.4) is 0 Å². The second-order valence-electron chi connectivity index (χ2n) is 10.2. The number of anilines is 1. The number of carboxylic acids is 10. The topological polar surface area (TPSA) is 617 Å². The molecule has 3 aromatic heterocycles. The van der Waals surface area contributed by atoms with Gasteiger partial charge in [-0.05, 0) is 19.4 Å². The maximum atomic E-state index is 10.3. The zero-order valence-electron chi connectivity index (χ0n) is 43.3. The molecule has 0 aliphatic rings. The minimum Gasteiger partial charge on any atom is -0.549 e. The standard InChI is InChI=1S/C7H4N2O4.C7H7NO4.2C6H6N2O4.C6H7NO3.C2H5NO2.CN.Cu.10Rb/c8-1-3-4(6(10)11)2-9-5(3)7(12)13;1-3-4(6(9)10)2-8-5(3)7(11)12;7-3-2(5(9)10)1-8-4(3)6(11)12;7-1-4(6(11)12)2-8-3-5(9)10;1-2-10-4-5(3-7)6(8)9;3-1-2(4)5;1-2;;;;;;;;;;;/h2,9H,(H,10,11)(H,12,13);2,8H,1H3,(H,9,10)(H,11,12);1,8H,7H2,(H,9,10)(H,11,12);2,8H,3H2,(H,9,10)(H,11,12);4H,2H2,1H3,(H,8,9);1,3H2,(H,4,5);;;;;;;;;;;;/q;;;;;;-1;11*+1/p-10/b;;;4-2+;5-4+;;;;;;;;;;;;;. The molecule has 0 aromatic carbocycles.